The van der Waals surface area contributed by atoms with Crippen LogP contribution in [-0.2, 0) is 10.5 Å². The van der Waals surface area contributed by atoms with E-state index in [4.69, 9.17) is 4.52 Å². The van der Waals surface area contributed by atoms with Gasteiger partial charge in [0.15, 0.2) is 10.9 Å². The molecule has 0 spiro atoms. The van der Waals surface area contributed by atoms with Gasteiger partial charge in [-0.1, -0.05) is 5.16 Å². The Balaban J connectivity index is 1.81. The summed E-state index contributed by atoms with van der Waals surface area (Å²) < 4.78 is 5.07. The van der Waals surface area contributed by atoms with E-state index in [0.29, 0.717) is 22.3 Å². The third-order valence-electron chi connectivity index (χ3n) is 2.77. The first kappa shape index (κ1) is 15.7. The minimum Gasteiger partial charge on any atom is -0.361 e. The molecule has 1 N–H and O–H groups in total. The first-order valence-electron chi connectivity index (χ1n) is 6.23. The third-order valence-corrected chi connectivity index (χ3v) is 4.49. The summed E-state index contributed by atoms with van der Waals surface area (Å²) in [6, 6.07) is 0. The normalized spacial score (nSPS) is 10.6. The van der Waals surface area contributed by atoms with Crippen molar-refractivity contribution in [3.8, 4) is 0 Å². The van der Waals surface area contributed by atoms with Gasteiger partial charge in [-0.2, -0.15) is 0 Å². The summed E-state index contributed by atoms with van der Waals surface area (Å²) in [4.78, 5) is 27.0. The molecule has 0 aliphatic heterocycles. The summed E-state index contributed by atoms with van der Waals surface area (Å²) in [6.07, 6.45) is 0. The summed E-state index contributed by atoms with van der Waals surface area (Å²) in [6.45, 7) is 5.18. The second-order valence-electron chi connectivity index (χ2n) is 4.44. The second kappa shape index (κ2) is 6.86. The molecule has 2 rings (SSSR count). The number of carbonyl (C=O) groups is 2. The van der Waals surface area contributed by atoms with E-state index in [9.17, 15) is 9.59 Å². The van der Waals surface area contributed by atoms with E-state index < -0.39 is 0 Å². The minimum absolute atomic E-state index is 0.112. The SMILES string of the molecule is CC(=O)c1csc(NC(=O)CSCc2c(C)noc2C)n1. The van der Waals surface area contributed by atoms with Gasteiger partial charge in [0.2, 0.25) is 5.91 Å². The molecule has 0 aromatic carbocycles. The van der Waals surface area contributed by atoms with Crippen molar-refractivity contribution in [2.75, 3.05) is 11.1 Å². The van der Waals surface area contributed by atoms with Crippen molar-refractivity contribution in [1.29, 1.82) is 0 Å². The summed E-state index contributed by atoms with van der Waals surface area (Å²) in [5, 5.41) is 8.64. The van der Waals surface area contributed by atoms with Gasteiger partial charge in [-0.3, -0.25) is 9.59 Å². The zero-order valence-corrected chi connectivity index (χ0v) is 13.6. The van der Waals surface area contributed by atoms with Gasteiger partial charge in [-0.15, -0.1) is 23.1 Å². The molecule has 112 valence electrons. The van der Waals surface area contributed by atoms with Gasteiger partial charge < -0.3 is 9.84 Å². The fraction of sp³-hybridized carbons (Fsp3) is 0.385. The Labute approximate surface area is 130 Å². The highest BCUT2D eigenvalue weighted by Gasteiger charge is 2.12. The molecule has 0 radical (unpaired) electrons. The Hall–Kier alpha value is -1.67. The molecule has 2 heterocycles. The van der Waals surface area contributed by atoms with Crippen LogP contribution in [0.2, 0.25) is 0 Å². The van der Waals surface area contributed by atoms with Crippen molar-refractivity contribution in [3.63, 3.8) is 0 Å². The van der Waals surface area contributed by atoms with Crippen LogP contribution in [0, 0.1) is 13.8 Å². The smallest absolute Gasteiger partial charge is 0.236 e. The molecule has 0 aliphatic carbocycles. The number of hydrogen-bond acceptors (Lipinski definition) is 7. The van der Waals surface area contributed by atoms with Crippen LogP contribution in [0.5, 0.6) is 0 Å². The Morgan fingerprint density at radius 1 is 1.43 bits per heavy atom. The van der Waals surface area contributed by atoms with E-state index in [1.807, 2.05) is 13.8 Å². The number of anilines is 1. The summed E-state index contributed by atoms with van der Waals surface area (Å²) in [7, 11) is 0. The molecule has 1 amide bonds. The Kier molecular flexibility index (Phi) is 5.13. The number of ketones is 1. The second-order valence-corrected chi connectivity index (χ2v) is 6.28. The van der Waals surface area contributed by atoms with Crippen molar-refractivity contribution < 1.29 is 14.1 Å². The molecule has 0 unspecified atom stereocenters. The van der Waals surface area contributed by atoms with Gasteiger partial charge >= 0.3 is 0 Å². The molecule has 6 nitrogen and oxygen atoms in total. The number of aryl methyl sites for hydroxylation is 2. The van der Waals surface area contributed by atoms with Crippen LogP contribution < -0.4 is 5.32 Å². The number of thiazole rings is 1. The fourth-order valence-corrected chi connectivity index (χ4v) is 3.34. The topological polar surface area (TPSA) is 85.1 Å². The molecule has 0 fully saturated rings. The standard InChI is InChI=1S/C13H15N3O3S2/c1-7-10(9(3)19-16-7)4-20-6-12(18)15-13-14-11(5-21-13)8(2)17/h5H,4,6H2,1-3H3,(H,14,15,18). The number of amides is 1. The van der Waals surface area contributed by atoms with Crippen LogP contribution in [0.25, 0.3) is 0 Å². The maximum atomic E-state index is 11.8. The number of nitrogens with zero attached hydrogens (tertiary/aromatic N) is 2. The zero-order valence-electron chi connectivity index (χ0n) is 11.9. The predicted octanol–water partition coefficient (Wildman–Crippen LogP) is 2.82. The molecule has 2 aromatic heterocycles. The quantitative estimate of drug-likeness (QED) is 0.822. The van der Waals surface area contributed by atoms with Gasteiger partial charge in [-0.05, 0) is 13.8 Å². The van der Waals surface area contributed by atoms with Crippen LogP contribution >= 0.6 is 23.1 Å². The highest BCUT2D eigenvalue weighted by atomic mass is 32.2. The number of thioether (sulfide) groups is 1. The number of nitrogens with one attached hydrogen (secondary N) is 1. The van der Waals surface area contributed by atoms with Crippen LogP contribution in [0.15, 0.2) is 9.90 Å². The van der Waals surface area contributed by atoms with Gasteiger partial charge in [0.05, 0.1) is 11.4 Å². The van der Waals surface area contributed by atoms with Crippen molar-refractivity contribution >= 4 is 39.9 Å². The average molecular weight is 325 g/mol. The summed E-state index contributed by atoms with van der Waals surface area (Å²) in [5.74, 6) is 1.51. The van der Waals surface area contributed by atoms with E-state index >= 15 is 0 Å². The van der Waals surface area contributed by atoms with E-state index in [1.54, 1.807) is 5.38 Å². The Morgan fingerprint density at radius 3 is 2.76 bits per heavy atom. The Morgan fingerprint density at radius 2 is 2.19 bits per heavy atom. The zero-order chi connectivity index (χ0) is 15.4. The number of rotatable bonds is 6. The minimum atomic E-state index is -0.142. The van der Waals surface area contributed by atoms with E-state index in [0.717, 1.165) is 17.0 Å². The predicted molar refractivity (Wildman–Crippen MR) is 82.9 cm³/mol. The van der Waals surface area contributed by atoms with Crippen molar-refractivity contribution in [2.24, 2.45) is 0 Å². The molecular weight excluding hydrogens is 310 g/mol. The molecule has 21 heavy (non-hydrogen) atoms. The maximum Gasteiger partial charge on any atom is 0.236 e. The van der Waals surface area contributed by atoms with E-state index in [1.165, 1.54) is 30.0 Å². The number of hydrogen-bond donors (Lipinski definition) is 1. The molecule has 0 saturated carbocycles. The van der Waals surface area contributed by atoms with Gasteiger partial charge in [0, 0.05) is 23.6 Å². The monoisotopic (exact) mass is 325 g/mol. The largest absolute Gasteiger partial charge is 0.361 e. The van der Waals surface area contributed by atoms with Crippen LogP contribution in [0.3, 0.4) is 0 Å². The van der Waals surface area contributed by atoms with Gasteiger partial charge in [-0.25, -0.2) is 4.98 Å². The number of Topliss-reactive ketones (excluding diaryl/α,β-unsaturated/α-hetero) is 1. The molecule has 0 saturated heterocycles. The van der Waals surface area contributed by atoms with Gasteiger partial charge in [0.1, 0.15) is 11.5 Å². The highest BCUT2D eigenvalue weighted by molar-refractivity contribution is 7.99. The number of carbonyl (C=O) groups excluding carboxylic acids is 2. The van der Waals surface area contributed by atoms with Crippen LogP contribution in [0.4, 0.5) is 5.13 Å². The van der Waals surface area contributed by atoms with E-state index in [-0.39, 0.29) is 11.7 Å². The lowest BCUT2D eigenvalue weighted by molar-refractivity contribution is -0.113. The molecule has 0 aliphatic rings. The summed E-state index contributed by atoms with van der Waals surface area (Å²) >= 11 is 2.72. The van der Waals surface area contributed by atoms with E-state index in [2.05, 4.69) is 15.5 Å². The highest BCUT2D eigenvalue weighted by Crippen LogP contribution is 2.20. The van der Waals surface area contributed by atoms with Crippen molar-refractivity contribution in [3.05, 3.63) is 28.1 Å². The first-order valence-corrected chi connectivity index (χ1v) is 8.26. The van der Waals surface area contributed by atoms with Crippen LogP contribution in [-0.4, -0.2) is 27.6 Å². The molecule has 0 bridgehead atoms. The molecule has 2 aromatic rings. The fourth-order valence-electron chi connectivity index (χ4n) is 1.60. The van der Waals surface area contributed by atoms with Gasteiger partial charge in [0.25, 0.3) is 0 Å². The lowest BCUT2D eigenvalue weighted by Gasteiger charge is -2.02. The molecular formula is C13H15N3O3S2. The third kappa shape index (κ3) is 4.15. The molecule has 8 heteroatoms. The Bertz CT molecular complexity index is 644. The maximum absolute atomic E-state index is 11.8. The summed E-state index contributed by atoms with van der Waals surface area (Å²) in [5.41, 5.74) is 2.26. The van der Waals surface area contributed by atoms with Crippen LogP contribution in [0.1, 0.15) is 34.4 Å². The lowest BCUT2D eigenvalue weighted by Crippen LogP contribution is -2.14. The first-order chi connectivity index (χ1) is 9.97. The number of aromatic nitrogens is 2. The lowest BCUT2D eigenvalue weighted by atomic mass is 10.2. The molecule has 0 atom stereocenters. The average Bonchev–Trinajstić information content (AvgIpc) is 3.00. The van der Waals surface area contributed by atoms with Crippen molar-refractivity contribution in [1.82, 2.24) is 10.1 Å². The van der Waals surface area contributed by atoms with Crippen molar-refractivity contribution in [2.45, 2.75) is 26.5 Å².